The van der Waals surface area contributed by atoms with Gasteiger partial charge >= 0.3 is 0 Å². The predicted octanol–water partition coefficient (Wildman–Crippen LogP) is 3.87. The number of fused-ring (bicyclic) bond motifs is 2. The second-order valence-corrected chi connectivity index (χ2v) is 5.50. The van der Waals surface area contributed by atoms with E-state index in [2.05, 4.69) is 9.97 Å². The van der Waals surface area contributed by atoms with E-state index in [-0.39, 0.29) is 5.43 Å². The van der Waals surface area contributed by atoms with Crippen molar-refractivity contribution in [2.24, 2.45) is 0 Å². The fourth-order valence-corrected chi connectivity index (χ4v) is 3.01. The summed E-state index contributed by atoms with van der Waals surface area (Å²) in [7, 11) is 0. The van der Waals surface area contributed by atoms with Gasteiger partial charge in [-0.3, -0.25) is 9.78 Å². The fraction of sp³-hybridized carbons (Fsp3) is 0. The number of hydrogen-bond acceptors (Lipinski definition) is 4. The molecule has 0 radical (unpaired) electrons. The molecule has 4 heteroatoms. The number of benzene rings is 1. The first-order chi connectivity index (χ1) is 10.3. The van der Waals surface area contributed by atoms with Gasteiger partial charge in [-0.1, -0.05) is 30.3 Å². The van der Waals surface area contributed by atoms with Crippen molar-refractivity contribution in [3.8, 4) is 11.3 Å². The highest BCUT2D eigenvalue weighted by molar-refractivity contribution is 7.07. The predicted molar refractivity (Wildman–Crippen MR) is 86.6 cm³/mol. The molecule has 0 amide bonds. The molecule has 0 fully saturated rings. The standard InChI is InChI=1S/C17H10N2OS/c20-17-13-4-2-1-3-11(13)5-6-15-14(17)7-12(8-18-15)16-9-21-10-19-16/h1-10H. The smallest absolute Gasteiger partial charge is 0.195 e. The van der Waals surface area contributed by atoms with Crippen LogP contribution in [0.5, 0.6) is 0 Å². The molecule has 0 saturated carbocycles. The first kappa shape index (κ1) is 12.2. The normalized spacial score (nSPS) is 11.0. The van der Waals surface area contributed by atoms with E-state index in [1.54, 1.807) is 11.7 Å². The SMILES string of the molecule is O=c1c2ccccc2ccc2ncc(-c3cscn3)cc12. The first-order valence-electron chi connectivity index (χ1n) is 6.53. The zero-order valence-electron chi connectivity index (χ0n) is 11.0. The summed E-state index contributed by atoms with van der Waals surface area (Å²) in [6.07, 6.45) is 1.77. The van der Waals surface area contributed by atoms with E-state index < -0.39 is 0 Å². The highest BCUT2D eigenvalue weighted by Gasteiger charge is 2.06. The molecule has 21 heavy (non-hydrogen) atoms. The molecule has 2 heterocycles. The Balaban J connectivity index is 2.13. The maximum Gasteiger partial charge on any atom is 0.195 e. The summed E-state index contributed by atoms with van der Waals surface area (Å²) in [5.41, 5.74) is 4.21. The summed E-state index contributed by atoms with van der Waals surface area (Å²) in [5.74, 6) is 0. The lowest BCUT2D eigenvalue weighted by atomic mass is 10.1. The Bertz CT molecular complexity index is 1010. The van der Waals surface area contributed by atoms with E-state index in [1.807, 2.05) is 47.8 Å². The monoisotopic (exact) mass is 290 g/mol. The van der Waals surface area contributed by atoms with E-state index in [0.717, 1.165) is 16.6 Å². The quantitative estimate of drug-likeness (QED) is 0.534. The summed E-state index contributed by atoms with van der Waals surface area (Å²) in [4.78, 5) is 21.5. The van der Waals surface area contributed by atoms with Gasteiger partial charge in [0.05, 0.1) is 16.7 Å². The van der Waals surface area contributed by atoms with Gasteiger partial charge in [0.1, 0.15) is 0 Å². The summed E-state index contributed by atoms with van der Waals surface area (Å²) >= 11 is 1.53. The largest absolute Gasteiger partial charge is 0.289 e. The molecule has 4 rings (SSSR count). The van der Waals surface area contributed by atoms with Crippen LogP contribution < -0.4 is 5.43 Å². The average molecular weight is 290 g/mol. The van der Waals surface area contributed by atoms with Crippen molar-refractivity contribution < 1.29 is 0 Å². The molecule has 0 aliphatic heterocycles. The van der Waals surface area contributed by atoms with Crippen molar-refractivity contribution in [1.82, 2.24) is 9.97 Å². The van der Waals surface area contributed by atoms with Crippen LogP contribution in [-0.2, 0) is 0 Å². The molecular formula is C17H10N2OS. The van der Waals surface area contributed by atoms with Crippen LogP contribution >= 0.6 is 11.3 Å². The molecule has 0 spiro atoms. The van der Waals surface area contributed by atoms with Gasteiger partial charge in [0.2, 0.25) is 0 Å². The van der Waals surface area contributed by atoms with Gasteiger partial charge < -0.3 is 0 Å². The van der Waals surface area contributed by atoms with Crippen molar-refractivity contribution >= 4 is 33.0 Å². The van der Waals surface area contributed by atoms with Gasteiger partial charge in [0.15, 0.2) is 5.43 Å². The van der Waals surface area contributed by atoms with E-state index >= 15 is 0 Å². The molecule has 0 atom stereocenters. The van der Waals surface area contributed by atoms with Gasteiger partial charge in [-0.15, -0.1) is 11.3 Å². The van der Waals surface area contributed by atoms with Crippen molar-refractivity contribution in [1.29, 1.82) is 0 Å². The number of thiazole rings is 1. The maximum atomic E-state index is 12.8. The molecule has 100 valence electrons. The second kappa shape index (κ2) is 4.75. The van der Waals surface area contributed by atoms with Gasteiger partial charge in [-0.2, -0.15) is 0 Å². The summed E-state index contributed by atoms with van der Waals surface area (Å²) in [6, 6.07) is 13.3. The number of aromatic nitrogens is 2. The maximum absolute atomic E-state index is 12.8. The van der Waals surface area contributed by atoms with Crippen LogP contribution in [0.25, 0.3) is 32.9 Å². The number of rotatable bonds is 1. The summed E-state index contributed by atoms with van der Waals surface area (Å²) in [5, 5.41) is 4.22. The molecule has 0 unspecified atom stereocenters. The van der Waals surface area contributed by atoms with E-state index in [1.165, 1.54) is 11.3 Å². The minimum absolute atomic E-state index is 0.00943. The Hall–Kier alpha value is -2.59. The molecule has 0 aliphatic carbocycles. The lowest BCUT2D eigenvalue weighted by Gasteiger charge is -1.97. The van der Waals surface area contributed by atoms with Crippen LogP contribution in [-0.4, -0.2) is 9.97 Å². The Labute approximate surface area is 124 Å². The van der Waals surface area contributed by atoms with Crippen LogP contribution in [0, 0.1) is 0 Å². The van der Waals surface area contributed by atoms with Crippen LogP contribution in [0.2, 0.25) is 0 Å². The van der Waals surface area contributed by atoms with Crippen LogP contribution in [0.4, 0.5) is 0 Å². The van der Waals surface area contributed by atoms with Crippen molar-refractivity contribution in [2.45, 2.75) is 0 Å². The number of hydrogen-bond donors (Lipinski definition) is 0. The van der Waals surface area contributed by atoms with Crippen molar-refractivity contribution in [2.75, 3.05) is 0 Å². The number of nitrogens with zero attached hydrogens (tertiary/aromatic N) is 2. The van der Waals surface area contributed by atoms with Gasteiger partial charge in [0.25, 0.3) is 0 Å². The molecule has 4 aromatic rings. The lowest BCUT2D eigenvalue weighted by molar-refractivity contribution is 1.36. The minimum Gasteiger partial charge on any atom is -0.289 e. The molecule has 0 saturated heterocycles. The molecule has 0 N–H and O–H groups in total. The Morgan fingerprint density at radius 1 is 0.952 bits per heavy atom. The summed E-state index contributed by atoms with van der Waals surface area (Å²) in [6.45, 7) is 0. The van der Waals surface area contributed by atoms with E-state index in [4.69, 9.17) is 0 Å². The van der Waals surface area contributed by atoms with Crippen LogP contribution in [0.1, 0.15) is 0 Å². The van der Waals surface area contributed by atoms with Gasteiger partial charge in [-0.05, 0) is 17.5 Å². The van der Waals surface area contributed by atoms with Crippen LogP contribution in [0.3, 0.4) is 0 Å². The molecule has 0 bridgehead atoms. The third kappa shape index (κ3) is 2.00. The third-order valence-electron chi connectivity index (χ3n) is 3.52. The molecule has 0 aliphatic rings. The first-order valence-corrected chi connectivity index (χ1v) is 7.47. The van der Waals surface area contributed by atoms with E-state index in [9.17, 15) is 4.79 Å². The average Bonchev–Trinajstić information content (AvgIpc) is 3.02. The highest BCUT2D eigenvalue weighted by atomic mass is 32.1. The highest BCUT2D eigenvalue weighted by Crippen LogP contribution is 2.21. The van der Waals surface area contributed by atoms with E-state index in [0.29, 0.717) is 16.3 Å². The zero-order valence-corrected chi connectivity index (χ0v) is 11.8. The molecule has 3 nitrogen and oxygen atoms in total. The molecular weight excluding hydrogens is 280 g/mol. The van der Waals surface area contributed by atoms with Gasteiger partial charge in [-0.25, -0.2) is 4.98 Å². The number of pyridine rings is 1. The minimum atomic E-state index is 0.00943. The second-order valence-electron chi connectivity index (χ2n) is 4.78. The zero-order chi connectivity index (χ0) is 14.2. The van der Waals surface area contributed by atoms with Crippen LogP contribution in [0.15, 0.2) is 64.3 Å². The third-order valence-corrected chi connectivity index (χ3v) is 4.10. The Morgan fingerprint density at radius 2 is 1.86 bits per heavy atom. The van der Waals surface area contributed by atoms with Crippen molar-refractivity contribution in [3.05, 3.63) is 69.8 Å². The Morgan fingerprint density at radius 3 is 2.71 bits per heavy atom. The lowest BCUT2D eigenvalue weighted by Crippen LogP contribution is -1.99. The summed E-state index contributed by atoms with van der Waals surface area (Å²) < 4.78 is 0. The molecule has 2 aromatic carbocycles. The van der Waals surface area contributed by atoms with Crippen molar-refractivity contribution in [3.63, 3.8) is 0 Å². The topological polar surface area (TPSA) is 42.9 Å². The Kier molecular flexibility index (Phi) is 2.75. The molecule has 2 aromatic heterocycles. The van der Waals surface area contributed by atoms with Gasteiger partial charge in [0, 0.05) is 27.9 Å². The fourth-order valence-electron chi connectivity index (χ4n) is 2.45.